The molecule has 1 unspecified atom stereocenters. The average molecular weight is 793 g/mol. The van der Waals surface area contributed by atoms with Gasteiger partial charge in [0.25, 0.3) is 0 Å². The van der Waals surface area contributed by atoms with Gasteiger partial charge in [0.15, 0.2) is 6.10 Å². The molecule has 0 spiro atoms. The standard InChI is InChI=1S/C50H96O6/c1-7-46(6)38-32-26-20-14-11-12-16-22-29-35-41-50(53)56-47(43-55-49(52)40-34-28-23-17-19-25-31-37-45(4)5)42-54-48(51)39-33-27-21-15-10-8-9-13-18-24-30-36-44(2)3/h44-47H,7-43H2,1-6H3/t46?,47-/m1/s1. The monoisotopic (exact) mass is 793 g/mol. The van der Waals surface area contributed by atoms with Gasteiger partial charge in [0, 0.05) is 19.3 Å². The Morgan fingerprint density at radius 1 is 0.357 bits per heavy atom. The van der Waals surface area contributed by atoms with Crippen LogP contribution in [0.3, 0.4) is 0 Å². The van der Waals surface area contributed by atoms with Crippen LogP contribution in [0.1, 0.15) is 266 Å². The molecule has 2 atom stereocenters. The normalized spacial score (nSPS) is 12.6. The largest absolute Gasteiger partial charge is 0.462 e. The maximum absolute atomic E-state index is 12.8. The minimum atomic E-state index is -0.762. The van der Waals surface area contributed by atoms with Crippen molar-refractivity contribution in [2.45, 2.75) is 272 Å². The maximum Gasteiger partial charge on any atom is 0.306 e. The Morgan fingerprint density at radius 3 is 0.929 bits per heavy atom. The second-order valence-electron chi connectivity index (χ2n) is 18.3. The molecule has 0 aromatic rings. The van der Waals surface area contributed by atoms with Crippen molar-refractivity contribution in [2.75, 3.05) is 13.2 Å². The van der Waals surface area contributed by atoms with Gasteiger partial charge >= 0.3 is 17.9 Å². The Morgan fingerprint density at radius 2 is 0.625 bits per heavy atom. The number of unbranched alkanes of at least 4 members (excludes halogenated alkanes) is 25. The smallest absolute Gasteiger partial charge is 0.306 e. The van der Waals surface area contributed by atoms with Gasteiger partial charge in [0.2, 0.25) is 0 Å². The molecule has 0 aliphatic rings. The van der Waals surface area contributed by atoms with Crippen molar-refractivity contribution in [3.8, 4) is 0 Å². The summed E-state index contributed by atoms with van der Waals surface area (Å²) in [6, 6.07) is 0. The van der Waals surface area contributed by atoms with Crippen LogP contribution in [0, 0.1) is 17.8 Å². The van der Waals surface area contributed by atoms with Gasteiger partial charge in [-0.2, -0.15) is 0 Å². The highest BCUT2D eigenvalue weighted by Crippen LogP contribution is 2.18. The Hall–Kier alpha value is -1.59. The zero-order chi connectivity index (χ0) is 41.3. The maximum atomic E-state index is 12.8. The number of rotatable bonds is 43. The van der Waals surface area contributed by atoms with Crippen LogP contribution >= 0.6 is 0 Å². The lowest BCUT2D eigenvalue weighted by molar-refractivity contribution is -0.167. The summed E-state index contributed by atoms with van der Waals surface area (Å²) in [5.74, 6) is 1.62. The first-order valence-electron chi connectivity index (χ1n) is 24.6. The van der Waals surface area contributed by atoms with E-state index in [9.17, 15) is 14.4 Å². The van der Waals surface area contributed by atoms with E-state index in [-0.39, 0.29) is 31.1 Å². The Bertz CT molecular complexity index is 870. The van der Waals surface area contributed by atoms with E-state index in [4.69, 9.17) is 14.2 Å². The molecule has 0 bridgehead atoms. The van der Waals surface area contributed by atoms with Crippen molar-refractivity contribution >= 4 is 17.9 Å². The Kier molecular flexibility index (Phi) is 40.4. The Labute approximate surface area is 348 Å². The van der Waals surface area contributed by atoms with Gasteiger partial charge in [-0.1, -0.05) is 228 Å². The van der Waals surface area contributed by atoms with Crippen LogP contribution in [0.2, 0.25) is 0 Å². The van der Waals surface area contributed by atoms with Crippen molar-refractivity contribution in [2.24, 2.45) is 17.8 Å². The highest BCUT2D eigenvalue weighted by Gasteiger charge is 2.19. The molecule has 0 fully saturated rings. The fourth-order valence-electron chi connectivity index (χ4n) is 7.38. The fourth-order valence-corrected chi connectivity index (χ4v) is 7.38. The summed E-state index contributed by atoms with van der Waals surface area (Å²) >= 11 is 0. The third kappa shape index (κ3) is 42.0. The molecule has 0 saturated carbocycles. The van der Waals surface area contributed by atoms with Crippen LogP contribution in [-0.4, -0.2) is 37.2 Å². The number of hydrogen-bond donors (Lipinski definition) is 0. The van der Waals surface area contributed by atoms with Crippen molar-refractivity contribution in [3.63, 3.8) is 0 Å². The molecular weight excluding hydrogens is 697 g/mol. The van der Waals surface area contributed by atoms with E-state index in [2.05, 4.69) is 41.5 Å². The zero-order valence-corrected chi connectivity index (χ0v) is 38.4. The number of esters is 3. The number of carbonyl (C=O) groups excluding carboxylic acids is 3. The van der Waals surface area contributed by atoms with Crippen LogP contribution in [0.5, 0.6) is 0 Å². The predicted molar refractivity (Wildman–Crippen MR) is 238 cm³/mol. The topological polar surface area (TPSA) is 78.9 Å². The number of carbonyl (C=O) groups is 3. The van der Waals surface area contributed by atoms with Crippen LogP contribution in [-0.2, 0) is 28.6 Å². The van der Waals surface area contributed by atoms with Crippen molar-refractivity contribution < 1.29 is 28.6 Å². The van der Waals surface area contributed by atoms with E-state index in [0.717, 1.165) is 75.5 Å². The molecule has 0 saturated heterocycles. The summed E-state index contributed by atoms with van der Waals surface area (Å²) in [5, 5.41) is 0. The van der Waals surface area contributed by atoms with Gasteiger partial charge in [0.05, 0.1) is 0 Å². The van der Waals surface area contributed by atoms with Crippen molar-refractivity contribution in [1.29, 1.82) is 0 Å². The van der Waals surface area contributed by atoms with Crippen LogP contribution < -0.4 is 0 Å². The van der Waals surface area contributed by atoms with Crippen LogP contribution in [0.15, 0.2) is 0 Å². The van der Waals surface area contributed by atoms with E-state index >= 15 is 0 Å². The van der Waals surface area contributed by atoms with E-state index in [1.165, 1.54) is 148 Å². The molecule has 56 heavy (non-hydrogen) atoms. The van der Waals surface area contributed by atoms with Gasteiger partial charge in [-0.05, 0) is 37.0 Å². The highest BCUT2D eigenvalue weighted by atomic mass is 16.6. The zero-order valence-electron chi connectivity index (χ0n) is 38.4. The van der Waals surface area contributed by atoms with Crippen LogP contribution in [0.4, 0.5) is 0 Å². The molecule has 0 aromatic heterocycles. The van der Waals surface area contributed by atoms with E-state index < -0.39 is 6.10 Å². The molecule has 0 amide bonds. The summed E-state index contributed by atoms with van der Waals surface area (Å²) in [5.41, 5.74) is 0. The highest BCUT2D eigenvalue weighted by molar-refractivity contribution is 5.71. The first kappa shape index (κ1) is 54.4. The molecule has 6 nitrogen and oxygen atoms in total. The fraction of sp³-hybridized carbons (Fsp3) is 0.940. The van der Waals surface area contributed by atoms with Gasteiger partial charge < -0.3 is 14.2 Å². The molecule has 0 rings (SSSR count). The third-order valence-electron chi connectivity index (χ3n) is 11.5. The third-order valence-corrected chi connectivity index (χ3v) is 11.5. The van der Waals surface area contributed by atoms with Crippen LogP contribution in [0.25, 0.3) is 0 Å². The van der Waals surface area contributed by atoms with E-state index in [1.54, 1.807) is 0 Å². The summed E-state index contributed by atoms with van der Waals surface area (Å²) in [7, 11) is 0. The lowest BCUT2D eigenvalue weighted by Gasteiger charge is -2.18. The molecule has 0 radical (unpaired) electrons. The van der Waals surface area contributed by atoms with Gasteiger partial charge in [-0.25, -0.2) is 0 Å². The molecule has 0 aliphatic heterocycles. The minimum absolute atomic E-state index is 0.0657. The summed E-state index contributed by atoms with van der Waals surface area (Å²) < 4.78 is 16.8. The summed E-state index contributed by atoms with van der Waals surface area (Å²) in [6.45, 7) is 13.7. The van der Waals surface area contributed by atoms with E-state index in [1.807, 2.05) is 0 Å². The molecule has 0 aliphatic carbocycles. The van der Waals surface area contributed by atoms with Crippen molar-refractivity contribution in [3.05, 3.63) is 0 Å². The van der Waals surface area contributed by atoms with E-state index in [0.29, 0.717) is 19.3 Å². The number of ether oxygens (including phenoxy) is 3. The van der Waals surface area contributed by atoms with Gasteiger partial charge in [0.1, 0.15) is 13.2 Å². The molecule has 0 heterocycles. The first-order valence-corrected chi connectivity index (χ1v) is 24.6. The molecule has 332 valence electrons. The van der Waals surface area contributed by atoms with Gasteiger partial charge in [-0.15, -0.1) is 0 Å². The SMILES string of the molecule is CCC(C)CCCCCCCCCCCCC(=O)O[C@H](COC(=O)CCCCCCCCCCCCCC(C)C)COC(=O)CCCCCCCCCC(C)C. The summed E-state index contributed by atoms with van der Waals surface area (Å²) in [4.78, 5) is 37.8. The quantitative estimate of drug-likeness (QED) is 0.0348. The lowest BCUT2D eigenvalue weighted by atomic mass is 9.99. The Balaban J connectivity index is 4.33. The van der Waals surface area contributed by atoms with Gasteiger partial charge in [-0.3, -0.25) is 14.4 Å². The second kappa shape index (κ2) is 41.6. The molecule has 0 N–H and O–H groups in total. The molecular formula is C50H96O6. The summed E-state index contributed by atoms with van der Waals surface area (Å²) in [6.07, 6.45) is 39.5. The minimum Gasteiger partial charge on any atom is -0.462 e. The predicted octanol–water partition coefficient (Wildman–Crippen LogP) is 15.6. The number of hydrogen-bond acceptors (Lipinski definition) is 6. The first-order chi connectivity index (χ1) is 27.1. The lowest BCUT2D eigenvalue weighted by Crippen LogP contribution is -2.30. The second-order valence-corrected chi connectivity index (χ2v) is 18.3. The average Bonchev–Trinajstić information content (AvgIpc) is 3.16. The van der Waals surface area contributed by atoms with Crippen molar-refractivity contribution in [1.82, 2.24) is 0 Å². The molecule has 6 heteroatoms. The molecule has 0 aromatic carbocycles.